The molecule has 2 aromatic heterocycles. The van der Waals surface area contributed by atoms with Crippen LogP contribution in [0, 0.1) is 17.2 Å². The van der Waals surface area contributed by atoms with Crippen molar-refractivity contribution >= 4 is 27.1 Å². The summed E-state index contributed by atoms with van der Waals surface area (Å²) >= 11 is 1.47. The van der Waals surface area contributed by atoms with Crippen molar-refractivity contribution in [2.45, 2.75) is 56.5 Å². The normalized spacial score (nSPS) is 22.1. The van der Waals surface area contributed by atoms with Crippen LogP contribution in [-0.2, 0) is 15.4 Å². The first-order valence-corrected chi connectivity index (χ1v) is 13.1. The summed E-state index contributed by atoms with van der Waals surface area (Å²) in [6.45, 7) is 0. The first-order chi connectivity index (χ1) is 14.4. The van der Waals surface area contributed by atoms with Crippen LogP contribution in [0.25, 0.3) is 0 Å². The Bertz CT molecular complexity index is 1020. The van der Waals surface area contributed by atoms with Crippen LogP contribution in [0.5, 0.6) is 0 Å². The molecule has 0 aromatic carbocycles. The number of sulfone groups is 1. The number of hydrogen-bond donors (Lipinski definition) is 1. The molecule has 2 aliphatic rings. The summed E-state index contributed by atoms with van der Waals surface area (Å²) in [7, 11) is -3.11. The lowest BCUT2D eigenvalue weighted by Gasteiger charge is -2.31. The van der Waals surface area contributed by atoms with Crippen molar-refractivity contribution in [1.29, 1.82) is 5.26 Å². The van der Waals surface area contributed by atoms with E-state index in [0.29, 0.717) is 11.3 Å². The van der Waals surface area contributed by atoms with E-state index in [4.69, 9.17) is 0 Å². The summed E-state index contributed by atoms with van der Waals surface area (Å²) in [5.74, 6) is 0.0595. The molecule has 3 heterocycles. The van der Waals surface area contributed by atoms with Crippen molar-refractivity contribution < 1.29 is 13.2 Å². The molecule has 160 valence electrons. The number of nitrogens with zero attached hydrogens (tertiary/aromatic N) is 4. The van der Waals surface area contributed by atoms with E-state index in [1.165, 1.54) is 22.4 Å². The molecule has 0 spiro atoms. The van der Waals surface area contributed by atoms with E-state index < -0.39 is 15.4 Å². The van der Waals surface area contributed by atoms with Gasteiger partial charge in [-0.25, -0.2) is 13.1 Å². The van der Waals surface area contributed by atoms with E-state index in [0.717, 1.165) is 25.7 Å². The predicted octanol–water partition coefficient (Wildman–Crippen LogP) is 2.82. The molecule has 1 saturated carbocycles. The van der Waals surface area contributed by atoms with Crippen LogP contribution in [0.2, 0.25) is 0 Å². The van der Waals surface area contributed by atoms with Crippen LogP contribution >= 0.6 is 11.3 Å². The van der Waals surface area contributed by atoms with Crippen LogP contribution in [0.1, 0.15) is 67.0 Å². The van der Waals surface area contributed by atoms with E-state index in [-0.39, 0.29) is 42.2 Å². The van der Waals surface area contributed by atoms with E-state index in [9.17, 15) is 18.5 Å². The van der Waals surface area contributed by atoms with Crippen LogP contribution in [-0.4, -0.2) is 40.8 Å². The van der Waals surface area contributed by atoms with Gasteiger partial charge < -0.3 is 5.32 Å². The smallest absolute Gasteiger partial charge is 0.252 e. The Morgan fingerprint density at radius 3 is 2.67 bits per heavy atom. The second kappa shape index (κ2) is 8.47. The van der Waals surface area contributed by atoms with E-state index in [1.807, 2.05) is 10.8 Å². The monoisotopic (exact) mass is 447 g/mol. The molecule has 4 rings (SSSR count). The highest BCUT2D eigenvalue weighted by Gasteiger charge is 2.41. The van der Waals surface area contributed by atoms with E-state index >= 15 is 0 Å². The molecule has 8 nitrogen and oxygen atoms in total. The molecule has 2 aromatic rings. The van der Waals surface area contributed by atoms with Crippen molar-refractivity contribution in [1.82, 2.24) is 20.3 Å². The number of rotatable bonds is 5. The van der Waals surface area contributed by atoms with Crippen molar-refractivity contribution in [3.05, 3.63) is 34.3 Å². The Morgan fingerprint density at radius 1 is 1.30 bits per heavy atom. The van der Waals surface area contributed by atoms with Gasteiger partial charge in [-0.2, -0.15) is 16.6 Å². The molecule has 0 unspecified atom stereocenters. The Hall–Kier alpha value is -2.25. The molecule has 10 heteroatoms. The quantitative estimate of drug-likeness (QED) is 0.753. The zero-order valence-electron chi connectivity index (χ0n) is 16.7. The average Bonchev–Trinajstić information content (AvgIpc) is 3.46. The Kier molecular flexibility index (Phi) is 5.93. The van der Waals surface area contributed by atoms with Crippen LogP contribution < -0.4 is 5.32 Å². The Morgan fingerprint density at radius 2 is 2.03 bits per heavy atom. The minimum Gasteiger partial charge on any atom is -0.343 e. The highest BCUT2D eigenvalue weighted by molar-refractivity contribution is 7.91. The van der Waals surface area contributed by atoms with Crippen LogP contribution in [0.3, 0.4) is 0 Å². The Labute approximate surface area is 180 Å². The fourth-order valence-electron chi connectivity index (χ4n) is 4.42. The summed E-state index contributed by atoms with van der Waals surface area (Å²) in [6, 6.07) is 3.79. The maximum Gasteiger partial charge on any atom is 0.252 e. The minimum absolute atomic E-state index is 0.0311. The molecular weight excluding hydrogens is 422 g/mol. The van der Waals surface area contributed by atoms with E-state index in [1.54, 1.807) is 12.3 Å². The summed E-state index contributed by atoms with van der Waals surface area (Å²) in [5.41, 5.74) is 0.248. The van der Waals surface area contributed by atoms with Crippen molar-refractivity contribution in [2.24, 2.45) is 5.92 Å². The van der Waals surface area contributed by atoms with Gasteiger partial charge >= 0.3 is 0 Å². The average molecular weight is 448 g/mol. The van der Waals surface area contributed by atoms with Crippen LogP contribution in [0.4, 0.5) is 0 Å². The van der Waals surface area contributed by atoms with Gasteiger partial charge in [-0.15, -0.1) is 5.10 Å². The van der Waals surface area contributed by atoms with Gasteiger partial charge in [0, 0.05) is 5.38 Å². The summed E-state index contributed by atoms with van der Waals surface area (Å²) < 4.78 is 25.2. The van der Waals surface area contributed by atoms with Gasteiger partial charge in [0.2, 0.25) is 0 Å². The highest BCUT2D eigenvalue weighted by atomic mass is 32.2. The van der Waals surface area contributed by atoms with Gasteiger partial charge in [0.25, 0.3) is 5.91 Å². The van der Waals surface area contributed by atoms with Gasteiger partial charge in [0.05, 0.1) is 35.4 Å². The summed E-state index contributed by atoms with van der Waals surface area (Å²) in [5, 5.41) is 25.2. The second-order valence-electron chi connectivity index (χ2n) is 8.24. The standard InChI is InChI=1S/C20H25N5O3S2/c21-14-20(7-10-30(27,28)11-8-20)25-12-17(23-24-25)18(15-4-2-1-3-5-15)22-19(26)16-6-9-29-13-16/h6,9,12-13,15,18H,1-5,7-8,10-11H2,(H,22,26)/t18-/m0/s1. The third kappa shape index (κ3) is 4.27. The number of aromatic nitrogens is 3. The third-order valence-electron chi connectivity index (χ3n) is 6.32. The lowest BCUT2D eigenvalue weighted by molar-refractivity contribution is 0.0911. The summed E-state index contributed by atoms with van der Waals surface area (Å²) in [4.78, 5) is 12.8. The topological polar surface area (TPSA) is 118 Å². The molecular formula is C20H25N5O3S2. The zero-order chi connectivity index (χ0) is 21.2. The molecule has 0 bridgehead atoms. The third-order valence-corrected chi connectivity index (χ3v) is 8.66. The number of thiophene rings is 1. The molecule has 1 saturated heterocycles. The second-order valence-corrected chi connectivity index (χ2v) is 11.3. The maximum atomic E-state index is 12.8. The molecule has 1 aliphatic heterocycles. The lowest BCUT2D eigenvalue weighted by atomic mass is 9.82. The molecule has 2 fully saturated rings. The number of carbonyl (C=O) groups is 1. The molecule has 30 heavy (non-hydrogen) atoms. The van der Waals surface area contributed by atoms with Gasteiger partial charge in [0.1, 0.15) is 5.69 Å². The highest BCUT2D eigenvalue weighted by Crippen LogP contribution is 2.36. The number of nitrogens with one attached hydrogen (secondary N) is 1. The minimum atomic E-state index is -3.11. The molecule has 1 atom stereocenters. The van der Waals surface area contributed by atoms with Crippen molar-refractivity contribution in [3.8, 4) is 6.07 Å². The SMILES string of the molecule is N#CC1(n2cc([C@@H](NC(=O)c3ccsc3)C3CCCCC3)nn2)CCS(=O)(=O)CC1. The van der Waals surface area contributed by atoms with Crippen molar-refractivity contribution in [2.75, 3.05) is 11.5 Å². The zero-order valence-corrected chi connectivity index (χ0v) is 18.3. The Balaban J connectivity index is 1.60. The van der Waals surface area contributed by atoms with E-state index in [2.05, 4.69) is 21.7 Å². The van der Waals surface area contributed by atoms with Crippen LogP contribution in [0.15, 0.2) is 23.0 Å². The number of carbonyl (C=O) groups excluding carboxylic acids is 1. The summed E-state index contributed by atoms with van der Waals surface area (Å²) in [6.07, 6.45) is 7.56. The molecule has 1 amide bonds. The predicted molar refractivity (Wildman–Crippen MR) is 113 cm³/mol. The largest absolute Gasteiger partial charge is 0.343 e. The van der Waals surface area contributed by atoms with Crippen molar-refractivity contribution in [3.63, 3.8) is 0 Å². The number of hydrogen-bond acceptors (Lipinski definition) is 7. The van der Waals surface area contributed by atoms with Gasteiger partial charge in [0.15, 0.2) is 15.4 Å². The van der Waals surface area contributed by atoms with Gasteiger partial charge in [-0.1, -0.05) is 24.5 Å². The first-order valence-electron chi connectivity index (χ1n) is 10.3. The fraction of sp³-hybridized carbons (Fsp3) is 0.600. The van der Waals surface area contributed by atoms with Gasteiger partial charge in [-0.05, 0) is 43.0 Å². The molecule has 0 radical (unpaired) electrons. The maximum absolute atomic E-state index is 12.8. The number of amides is 1. The van der Waals surface area contributed by atoms with Gasteiger partial charge in [-0.3, -0.25) is 4.79 Å². The lowest BCUT2D eigenvalue weighted by Crippen LogP contribution is -2.41. The fourth-order valence-corrected chi connectivity index (χ4v) is 6.55. The molecule has 1 N–H and O–H groups in total. The molecule has 1 aliphatic carbocycles. The number of nitriles is 1. The first kappa shape index (κ1) is 21.0.